The van der Waals surface area contributed by atoms with Crippen molar-refractivity contribution in [1.29, 1.82) is 0 Å². The van der Waals surface area contributed by atoms with Gasteiger partial charge in [-0.3, -0.25) is 0 Å². The number of hydrogen-bond donors (Lipinski definition) is 2. The van der Waals surface area contributed by atoms with Gasteiger partial charge in [-0.25, -0.2) is 0 Å². The van der Waals surface area contributed by atoms with E-state index in [9.17, 15) is 0 Å². The average molecular weight is 288 g/mol. The Hall–Kier alpha value is -1.72. The lowest BCUT2D eigenvalue weighted by molar-refractivity contribution is 0.276. The van der Waals surface area contributed by atoms with Crippen molar-refractivity contribution in [3.63, 3.8) is 0 Å². The van der Waals surface area contributed by atoms with Crippen molar-refractivity contribution in [2.45, 2.75) is 46.2 Å². The monoisotopic (exact) mass is 288 g/mol. The number of aryl methyl sites for hydroxylation is 2. The molecule has 0 aliphatic heterocycles. The molecule has 1 atom stereocenters. The molecule has 0 radical (unpaired) electrons. The lowest BCUT2D eigenvalue weighted by atomic mass is 10.1. The minimum absolute atomic E-state index is 0.245. The number of rotatable bonds is 7. The number of aromatic nitrogens is 3. The molecule has 0 fully saturated rings. The van der Waals surface area contributed by atoms with Crippen LogP contribution in [0.3, 0.4) is 0 Å². The molecule has 2 aromatic rings. The predicted octanol–water partition coefficient (Wildman–Crippen LogP) is 2.13. The van der Waals surface area contributed by atoms with Gasteiger partial charge >= 0.3 is 0 Å². The number of benzene rings is 1. The molecular weight excluding hydrogens is 264 g/mol. The van der Waals surface area contributed by atoms with Gasteiger partial charge in [-0.15, -0.1) is 0 Å². The molecule has 21 heavy (non-hydrogen) atoms. The van der Waals surface area contributed by atoms with Gasteiger partial charge in [-0.2, -0.15) is 15.0 Å². The van der Waals surface area contributed by atoms with Crippen LogP contribution in [0.5, 0.6) is 0 Å². The summed E-state index contributed by atoms with van der Waals surface area (Å²) in [6, 6.07) is 6.66. The first kappa shape index (κ1) is 15.7. The number of nitrogens with zero attached hydrogens (tertiary/aromatic N) is 3. The molecule has 5 nitrogen and oxygen atoms in total. The van der Waals surface area contributed by atoms with E-state index in [1.807, 2.05) is 0 Å². The summed E-state index contributed by atoms with van der Waals surface area (Å²) in [4.78, 5) is 1.68. The van der Waals surface area contributed by atoms with Crippen LogP contribution in [0.2, 0.25) is 0 Å². The second-order valence-electron chi connectivity index (χ2n) is 5.62. The summed E-state index contributed by atoms with van der Waals surface area (Å²) >= 11 is 0. The summed E-state index contributed by atoms with van der Waals surface area (Å²) in [7, 11) is 0. The number of hydrogen-bond acceptors (Lipinski definition) is 4. The molecule has 0 saturated carbocycles. The normalized spacial score (nSPS) is 12.6. The Labute approximate surface area is 126 Å². The highest BCUT2D eigenvalue weighted by molar-refractivity contribution is 5.37. The van der Waals surface area contributed by atoms with Crippen LogP contribution in [0, 0.1) is 13.8 Å². The van der Waals surface area contributed by atoms with Gasteiger partial charge in [0, 0.05) is 19.2 Å². The van der Waals surface area contributed by atoms with Crippen molar-refractivity contribution < 1.29 is 5.11 Å². The maximum atomic E-state index is 8.82. The molecule has 0 amide bonds. The number of nitrogens with one attached hydrogen (secondary N) is 1. The van der Waals surface area contributed by atoms with Gasteiger partial charge in [0.15, 0.2) is 0 Å². The minimum atomic E-state index is 0.245. The van der Waals surface area contributed by atoms with Crippen molar-refractivity contribution in [1.82, 2.24) is 20.3 Å². The average Bonchev–Trinajstić information content (AvgIpc) is 2.90. The fraction of sp³-hybridized carbons (Fsp3) is 0.500. The fourth-order valence-electron chi connectivity index (χ4n) is 2.34. The zero-order valence-corrected chi connectivity index (χ0v) is 13.0. The third kappa shape index (κ3) is 4.65. The molecule has 1 heterocycles. The molecule has 0 aliphatic rings. The molecule has 5 heteroatoms. The topological polar surface area (TPSA) is 63.0 Å². The second kappa shape index (κ2) is 7.33. The Morgan fingerprint density at radius 3 is 2.62 bits per heavy atom. The quantitative estimate of drug-likeness (QED) is 0.819. The van der Waals surface area contributed by atoms with Gasteiger partial charge in [0.2, 0.25) is 0 Å². The molecule has 1 unspecified atom stereocenters. The van der Waals surface area contributed by atoms with E-state index in [4.69, 9.17) is 5.11 Å². The third-order valence-corrected chi connectivity index (χ3v) is 3.40. The number of aliphatic hydroxyl groups is 1. The molecule has 1 aromatic heterocycles. The van der Waals surface area contributed by atoms with Crippen LogP contribution in [0.25, 0.3) is 5.69 Å². The van der Waals surface area contributed by atoms with Gasteiger partial charge in [0.05, 0.1) is 17.6 Å². The van der Waals surface area contributed by atoms with E-state index >= 15 is 0 Å². The van der Waals surface area contributed by atoms with Crippen molar-refractivity contribution in [3.8, 4) is 5.69 Å². The maximum Gasteiger partial charge on any atom is 0.0969 e. The van der Waals surface area contributed by atoms with E-state index in [0.29, 0.717) is 12.6 Å². The summed E-state index contributed by atoms with van der Waals surface area (Å²) < 4.78 is 0. The van der Waals surface area contributed by atoms with Gasteiger partial charge in [0.25, 0.3) is 0 Å². The zero-order valence-electron chi connectivity index (χ0n) is 13.0. The third-order valence-electron chi connectivity index (χ3n) is 3.40. The van der Waals surface area contributed by atoms with Gasteiger partial charge in [-0.1, -0.05) is 6.07 Å². The Balaban J connectivity index is 1.98. The van der Waals surface area contributed by atoms with Crippen LogP contribution in [0.1, 0.15) is 36.6 Å². The molecule has 2 N–H and O–H groups in total. The predicted molar refractivity (Wildman–Crippen MR) is 83.5 cm³/mol. The first-order valence-corrected chi connectivity index (χ1v) is 7.42. The zero-order chi connectivity index (χ0) is 15.2. The molecule has 0 saturated heterocycles. The van der Waals surface area contributed by atoms with Crippen molar-refractivity contribution >= 4 is 0 Å². The Bertz CT molecular complexity index is 559. The van der Waals surface area contributed by atoms with E-state index in [2.05, 4.69) is 54.5 Å². The van der Waals surface area contributed by atoms with Gasteiger partial charge < -0.3 is 10.4 Å². The summed E-state index contributed by atoms with van der Waals surface area (Å²) in [5.41, 5.74) is 4.33. The van der Waals surface area contributed by atoms with Crippen molar-refractivity contribution in [2.75, 3.05) is 6.61 Å². The van der Waals surface area contributed by atoms with E-state index < -0.39 is 0 Å². The van der Waals surface area contributed by atoms with Crippen LogP contribution >= 0.6 is 0 Å². The van der Waals surface area contributed by atoms with E-state index in [1.54, 1.807) is 11.0 Å². The Kier molecular flexibility index (Phi) is 5.47. The Morgan fingerprint density at radius 2 is 1.95 bits per heavy atom. The maximum absolute atomic E-state index is 8.82. The van der Waals surface area contributed by atoms with Crippen LogP contribution in [0.15, 0.2) is 24.4 Å². The molecule has 0 spiro atoms. The summed E-state index contributed by atoms with van der Waals surface area (Å²) in [6.07, 6.45) is 3.58. The van der Waals surface area contributed by atoms with E-state index in [1.165, 1.54) is 11.1 Å². The summed E-state index contributed by atoms with van der Waals surface area (Å²) in [5.74, 6) is 0. The van der Waals surface area contributed by atoms with Gasteiger partial charge in [-0.05, 0) is 56.9 Å². The highest BCUT2D eigenvalue weighted by Gasteiger charge is 2.06. The van der Waals surface area contributed by atoms with E-state index in [-0.39, 0.29) is 6.61 Å². The standard InChI is InChI=1S/C16H24N4O/c1-12-7-13(2)9-16(8-12)20-18-11-15(19-20)10-17-14(3)5-4-6-21/h7-9,11,14,17,21H,4-6,10H2,1-3H3. The summed E-state index contributed by atoms with van der Waals surface area (Å²) in [6.45, 7) is 7.20. The first-order valence-electron chi connectivity index (χ1n) is 7.42. The SMILES string of the molecule is Cc1cc(C)cc(-n2ncc(CNC(C)CCCO)n2)c1. The van der Waals surface area contributed by atoms with Gasteiger partial charge in [0.1, 0.15) is 0 Å². The van der Waals surface area contributed by atoms with Crippen LogP contribution in [-0.2, 0) is 6.54 Å². The Morgan fingerprint density at radius 1 is 1.24 bits per heavy atom. The smallest absolute Gasteiger partial charge is 0.0969 e. The van der Waals surface area contributed by atoms with Crippen LogP contribution in [-0.4, -0.2) is 32.7 Å². The van der Waals surface area contributed by atoms with Crippen LogP contribution < -0.4 is 5.32 Å². The minimum Gasteiger partial charge on any atom is -0.396 e. The van der Waals surface area contributed by atoms with Crippen LogP contribution in [0.4, 0.5) is 0 Å². The highest BCUT2D eigenvalue weighted by Crippen LogP contribution is 2.12. The lowest BCUT2D eigenvalue weighted by Crippen LogP contribution is -2.25. The lowest BCUT2D eigenvalue weighted by Gasteiger charge is -2.11. The molecule has 1 aromatic carbocycles. The molecular formula is C16H24N4O. The second-order valence-corrected chi connectivity index (χ2v) is 5.62. The van der Waals surface area contributed by atoms with E-state index in [0.717, 1.165) is 24.2 Å². The first-order chi connectivity index (χ1) is 10.1. The summed E-state index contributed by atoms with van der Waals surface area (Å²) in [5, 5.41) is 21.1. The molecule has 114 valence electrons. The fourth-order valence-corrected chi connectivity index (χ4v) is 2.34. The van der Waals surface area contributed by atoms with Crippen molar-refractivity contribution in [2.24, 2.45) is 0 Å². The highest BCUT2D eigenvalue weighted by atomic mass is 16.2. The molecule has 2 rings (SSSR count). The van der Waals surface area contributed by atoms with Crippen molar-refractivity contribution in [3.05, 3.63) is 41.2 Å². The molecule has 0 bridgehead atoms. The number of aliphatic hydroxyl groups excluding tert-OH is 1. The largest absolute Gasteiger partial charge is 0.396 e. The molecule has 0 aliphatic carbocycles.